The molecule has 8 nitrogen and oxygen atoms in total. The van der Waals surface area contributed by atoms with Crippen molar-refractivity contribution in [2.45, 2.75) is 0 Å². The van der Waals surface area contributed by atoms with Crippen LogP contribution < -0.4 is 10.6 Å². The first kappa shape index (κ1) is 13.9. The Balaban J connectivity index is 2.10. The summed E-state index contributed by atoms with van der Waals surface area (Å²) >= 11 is 0. The minimum Gasteiger partial charge on any atom is -0.383 e. The fraction of sp³-hybridized carbons (Fsp3) is 0.214. The average molecular weight is 296 g/mol. The molecule has 0 aliphatic rings. The summed E-state index contributed by atoms with van der Waals surface area (Å²) in [6.07, 6.45) is 3.35. The van der Waals surface area contributed by atoms with Gasteiger partial charge in [0.15, 0.2) is 11.5 Å². The Morgan fingerprint density at radius 1 is 1.27 bits per heavy atom. The van der Waals surface area contributed by atoms with Gasteiger partial charge in [0, 0.05) is 27.3 Å². The number of hydrogen-bond acceptors (Lipinski definition) is 7. The Hall–Kier alpha value is -3.03. The largest absolute Gasteiger partial charge is 0.383 e. The van der Waals surface area contributed by atoms with E-state index >= 15 is 0 Å². The van der Waals surface area contributed by atoms with Crippen LogP contribution in [0.4, 0.5) is 17.6 Å². The summed E-state index contributed by atoms with van der Waals surface area (Å²) in [4.78, 5) is 19.1. The van der Waals surface area contributed by atoms with Gasteiger partial charge in [0.25, 0.3) is 0 Å². The molecule has 0 saturated carbocycles. The monoisotopic (exact) mass is 296 g/mol. The van der Waals surface area contributed by atoms with Crippen molar-refractivity contribution in [3.63, 3.8) is 0 Å². The third-order valence-electron chi connectivity index (χ3n) is 3.09. The van der Waals surface area contributed by atoms with E-state index in [2.05, 4.69) is 25.0 Å². The van der Waals surface area contributed by atoms with Crippen LogP contribution in [0.3, 0.4) is 0 Å². The van der Waals surface area contributed by atoms with Crippen molar-refractivity contribution in [3.8, 4) is 0 Å². The number of nitrogen functional groups attached to an aromatic ring is 1. The van der Waals surface area contributed by atoms with Gasteiger partial charge < -0.3 is 10.6 Å². The number of nitrogens with two attached hydrogens (primary N) is 1. The van der Waals surface area contributed by atoms with Crippen molar-refractivity contribution in [1.29, 1.82) is 0 Å². The number of nitrogens with zero attached hydrogens (tertiary/aromatic N) is 7. The van der Waals surface area contributed by atoms with Gasteiger partial charge in [0.2, 0.25) is 5.95 Å². The standard InChI is InChI=1S/C14H16N8/c1-21(2)14-18-11(15)10-12(20-22(3)13(10)19-14)17-8-9-6-4-5-7-16-9/h4-8H,1-3H3,(H2,15,18,19). The van der Waals surface area contributed by atoms with E-state index in [1.807, 2.05) is 32.3 Å². The quantitative estimate of drug-likeness (QED) is 0.728. The van der Waals surface area contributed by atoms with E-state index in [9.17, 15) is 0 Å². The molecule has 2 N–H and O–H groups in total. The highest BCUT2D eigenvalue weighted by Gasteiger charge is 2.15. The number of anilines is 2. The van der Waals surface area contributed by atoms with Crippen molar-refractivity contribution in [3.05, 3.63) is 30.1 Å². The highest BCUT2D eigenvalue weighted by Crippen LogP contribution is 2.29. The summed E-state index contributed by atoms with van der Waals surface area (Å²) < 4.78 is 1.64. The molecule has 8 heteroatoms. The second-order valence-electron chi connectivity index (χ2n) is 4.96. The van der Waals surface area contributed by atoms with Gasteiger partial charge in [-0.05, 0) is 12.1 Å². The minimum absolute atomic E-state index is 0.356. The van der Waals surface area contributed by atoms with E-state index in [0.717, 1.165) is 5.69 Å². The van der Waals surface area contributed by atoms with E-state index in [4.69, 9.17) is 5.73 Å². The number of fused-ring (bicyclic) bond motifs is 1. The van der Waals surface area contributed by atoms with Gasteiger partial charge in [0.1, 0.15) is 11.2 Å². The molecule has 0 aliphatic heterocycles. The normalized spacial score (nSPS) is 11.4. The summed E-state index contributed by atoms with van der Waals surface area (Å²) in [5.74, 6) is 1.37. The van der Waals surface area contributed by atoms with Gasteiger partial charge in [-0.15, -0.1) is 0 Å². The van der Waals surface area contributed by atoms with Crippen molar-refractivity contribution in [1.82, 2.24) is 24.7 Å². The lowest BCUT2D eigenvalue weighted by Crippen LogP contribution is -2.14. The number of rotatable bonds is 3. The molecule has 3 aromatic heterocycles. The predicted molar refractivity (Wildman–Crippen MR) is 86.5 cm³/mol. The first-order valence-electron chi connectivity index (χ1n) is 6.69. The fourth-order valence-electron chi connectivity index (χ4n) is 2.01. The molecule has 0 aliphatic carbocycles. The maximum Gasteiger partial charge on any atom is 0.228 e. The first-order chi connectivity index (χ1) is 10.6. The van der Waals surface area contributed by atoms with Gasteiger partial charge in [-0.1, -0.05) is 6.07 Å². The Bertz CT molecular complexity index is 835. The van der Waals surface area contributed by atoms with Gasteiger partial charge in [-0.25, -0.2) is 9.67 Å². The lowest BCUT2D eigenvalue weighted by Gasteiger charge is -2.10. The molecule has 0 spiro atoms. The zero-order valence-electron chi connectivity index (χ0n) is 12.6. The van der Waals surface area contributed by atoms with Gasteiger partial charge in [0.05, 0.1) is 11.9 Å². The third kappa shape index (κ3) is 2.46. The summed E-state index contributed by atoms with van der Waals surface area (Å²) in [5.41, 5.74) is 7.44. The molecule has 0 amide bonds. The average Bonchev–Trinajstić information content (AvgIpc) is 2.83. The zero-order valence-corrected chi connectivity index (χ0v) is 12.6. The van der Waals surface area contributed by atoms with Crippen LogP contribution in [-0.2, 0) is 7.05 Å². The van der Waals surface area contributed by atoms with E-state index in [1.165, 1.54) is 0 Å². The maximum absolute atomic E-state index is 6.06. The molecule has 3 heterocycles. The summed E-state index contributed by atoms with van der Waals surface area (Å²) in [6.45, 7) is 0. The molecular weight excluding hydrogens is 280 g/mol. The molecule has 22 heavy (non-hydrogen) atoms. The van der Waals surface area contributed by atoms with Crippen LogP contribution in [-0.4, -0.2) is 45.0 Å². The van der Waals surface area contributed by atoms with Gasteiger partial charge in [-0.3, -0.25) is 4.98 Å². The topological polar surface area (TPSA) is 98.1 Å². The fourth-order valence-corrected chi connectivity index (χ4v) is 2.01. The molecule has 0 aromatic carbocycles. The minimum atomic E-state index is 0.356. The number of hydrogen-bond donors (Lipinski definition) is 1. The molecule has 0 unspecified atom stereocenters. The van der Waals surface area contributed by atoms with Crippen LogP contribution in [0.5, 0.6) is 0 Å². The summed E-state index contributed by atoms with van der Waals surface area (Å²) in [7, 11) is 5.52. The number of aromatic nitrogens is 5. The molecule has 3 rings (SSSR count). The first-order valence-corrected chi connectivity index (χ1v) is 6.69. The Morgan fingerprint density at radius 3 is 2.77 bits per heavy atom. The molecular formula is C14H16N8. The van der Waals surface area contributed by atoms with Crippen LogP contribution in [0.2, 0.25) is 0 Å². The highest BCUT2D eigenvalue weighted by atomic mass is 15.3. The number of aryl methyl sites for hydroxylation is 1. The van der Waals surface area contributed by atoms with Gasteiger partial charge in [-0.2, -0.15) is 15.1 Å². The van der Waals surface area contributed by atoms with Crippen LogP contribution >= 0.6 is 0 Å². The van der Waals surface area contributed by atoms with Crippen molar-refractivity contribution < 1.29 is 0 Å². The number of pyridine rings is 1. The second kappa shape index (κ2) is 5.40. The van der Waals surface area contributed by atoms with Crippen molar-refractivity contribution >= 4 is 34.8 Å². The molecule has 0 saturated heterocycles. The second-order valence-corrected chi connectivity index (χ2v) is 4.96. The van der Waals surface area contributed by atoms with E-state index in [1.54, 1.807) is 29.0 Å². The highest BCUT2D eigenvalue weighted by molar-refractivity contribution is 5.97. The van der Waals surface area contributed by atoms with E-state index in [0.29, 0.717) is 28.6 Å². The molecule has 0 atom stereocenters. The predicted octanol–water partition coefficient (Wildman–Crippen LogP) is 1.16. The Labute approximate surface area is 127 Å². The van der Waals surface area contributed by atoms with E-state index < -0.39 is 0 Å². The smallest absolute Gasteiger partial charge is 0.228 e. The summed E-state index contributed by atoms with van der Waals surface area (Å²) in [6, 6.07) is 5.60. The third-order valence-corrected chi connectivity index (χ3v) is 3.09. The van der Waals surface area contributed by atoms with E-state index in [-0.39, 0.29) is 0 Å². The van der Waals surface area contributed by atoms with Crippen LogP contribution in [0, 0.1) is 0 Å². The molecule has 0 radical (unpaired) electrons. The number of aliphatic imine (C=N–C) groups is 1. The molecule has 112 valence electrons. The van der Waals surface area contributed by atoms with Crippen LogP contribution in [0.1, 0.15) is 5.69 Å². The molecule has 3 aromatic rings. The van der Waals surface area contributed by atoms with Gasteiger partial charge >= 0.3 is 0 Å². The van der Waals surface area contributed by atoms with Crippen molar-refractivity contribution in [2.24, 2.45) is 12.0 Å². The molecule has 0 fully saturated rings. The lowest BCUT2D eigenvalue weighted by molar-refractivity contribution is 0.785. The van der Waals surface area contributed by atoms with Crippen LogP contribution in [0.25, 0.3) is 11.0 Å². The lowest BCUT2D eigenvalue weighted by atomic mass is 10.3. The Kier molecular flexibility index (Phi) is 3.42. The molecule has 0 bridgehead atoms. The SMILES string of the molecule is CN(C)c1nc(N)c2c(N=Cc3ccccn3)nn(C)c2n1. The maximum atomic E-state index is 6.06. The summed E-state index contributed by atoms with van der Waals surface area (Å²) in [5, 5.41) is 5.00. The van der Waals surface area contributed by atoms with Crippen LogP contribution in [0.15, 0.2) is 29.4 Å². The zero-order chi connectivity index (χ0) is 15.7. The Morgan fingerprint density at radius 2 is 2.09 bits per heavy atom. The van der Waals surface area contributed by atoms with Crippen molar-refractivity contribution in [2.75, 3.05) is 24.7 Å².